The highest BCUT2D eigenvalue weighted by Gasteiger charge is 2.09. The highest BCUT2D eigenvalue weighted by Crippen LogP contribution is 2.23. The van der Waals surface area contributed by atoms with Gasteiger partial charge in [-0.3, -0.25) is 0 Å². The number of carbonyl (C=O) groups excluding carboxylic acids is 1. The Kier molecular flexibility index (Phi) is 5.85. The first-order valence-corrected chi connectivity index (χ1v) is 9.20. The molecule has 0 aliphatic rings. The molecule has 0 saturated carbocycles. The molecule has 0 fully saturated rings. The molecule has 0 unspecified atom stereocenters. The lowest BCUT2D eigenvalue weighted by Crippen LogP contribution is -2.08. The number of hydrogen-bond acceptors (Lipinski definition) is 2. The second-order valence-corrected chi connectivity index (χ2v) is 6.41. The van der Waals surface area contributed by atoms with Crippen molar-refractivity contribution in [2.45, 2.75) is 33.1 Å². The highest BCUT2D eigenvalue weighted by atomic mass is 16.5. The van der Waals surface area contributed by atoms with Crippen LogP contribution in [0.4, 0.5) is 0 Å². The minimum atomic E-state index is -0.326. The van der Waals surface area contributed by atoms with Crippen LogP contribution in [-0.2, 0) is 12.8 Å². The third-order valence-electron chi connectivity index (χ3n) is 4.49. The molecule has 0 aliphatic carbocycles. The highest BCUT2D eigenvalue weighted by molar-refractivity contribution is 5.91. The van der Waals surface area contributed by atoms with Gasteiger partial charge in [0.2, 0.25) is 0 Å². The van der Waals surface area contributed by atoms with Gasteiger partial charge in [-0.25, -0.2) is 4.79 Å². The van der Waals surface area contributed by atoms with Crippen LogP contribution in [0.1, 0.15) is 41.8 Å². The molecule has 0 atom stereocenters. The molecule has 0 saturated heterocycles. The summed E-state index contributed by atoms with van der Waals surface area (Å²) < 4.78 is 5.49. The van der Waals surface area contributed by atoms with Gasteiger partial charge in [0.25, 0.3) is 0 Å². The van der Waals surface area contributed by atoms with Crippen LogP contribution in [0.5, 0.6) is 5.75 Å². The average Bonchev–Trinajstić information content (AvgIpc) is 2.69. The van der Waals surface area contributed by atoms with Crippen LogP contribution in [0.15, 0.2) is 72.8 Å². The average molecular weight is 344 g/mol. The molecule has 2 heteroatoms. The van der Waals surface area contributed by atoms with E-state index >= 15 is 0 Å². The van der Waals surface area contributed by atoms with Gasteiger partial charge in [0.05, 0.1) is 5.56 Å². The molecular formula is C24H24O2. The number of ether oxygens (including phenoxy) is 1. The molecular weight excluding hydrogens is 320 g/mol. The molecule has 3 rings (SSSR count). The topological polar surface area (TPSA) is 26.3 Å². The minimum Gasteiger partial charge on any atom is -0.423 e. The van der Waals surface area contributed by atoms with Gasteiger partial charge < -0.3 is 4.74 Å². The van der Waals surface area contributed by atoms with Gasteiger partial charge in [-0.2, -0.15) is 0 Å². The summed E-state index contributed by atoms with van der Waals surface area (Å²) in [4.78, 5) is 12.3. The maximum atomic E-state index is 12.3. The smallest absolute Gasteiger partial charge is 0.343 e. The first-order chi connectivity index (χ1) is 12.7. The lowest BCUT2D eigenvalue weighted by Gasteiger charge is -2.07. The number of aryl methyl sites for hydroxylation is 2. The Morgan fingerprint density at radius 2 is 1.27 bits per heavy atom. The predicted octanol–water partition coefficient (Wildman–Crippen LogP) is 6.09. The Hall–Kier alpha value is -2.87. The minimum absolute atomic E-state index is 0.326. The molecule has 26 heavy (non-hydrogen) atoms. The Morgan fingerprint density at radius 3 is 1.81 bits per heavy atom. The van der Waals surface area contributed by atoms with Crippen molar-refractivity contribution in [3.8, 4) is 16.9 Å². The SMILES string of the molecule is CCCc1ccc(C(=O)Oc2ccc(-c3ccc(CC)cc3)cc2)cc1. The van der Waals surface area contributed by atoms with E-state index in [-0.39, 0.29) is 5.97 Å². The molecule has 0 spiro atoms. The molecule has 3 aromatic carbocycles. The molecule has 0 bridgehead atoms. The van der Waals surface area contributed by atoms with Crippen LogP contribution < -0.4 is 4.74 Å². The van der Waals surface area contributed by atoms with Crippen LogP contribution in [-0.4, -0.2) is 5.97 Å². The molecule has 0 aromatic heterocycles. The number of esters is 1. The molecule has 0 N–H and O–H groups in total. The molecule has 3 aromatic rings. The van der Waals surface area contributed by atoms with E-state index in [2.05, 4.69) is 38.1 Å². The molecule has 0 heterocycles. The summed E-state index contributed by atoms with van der Waals surface area (Å²) in [6, 6.07) is 23.8. The van der Waals surface area contributed by atoms with Crippen LogP contribution in [0, 0.1) is 0 Å². The first-order valence-electron chi connectivity index (χ1n) is 9.20. The monoisotopic (exact) mass is 344 g/mol. The van der Waals surface area contributed by atoms with Crippen molar-refractivity contribution in [1.29, 1.82) is 0 Å². The molecule has 132 valence electrons. The maximum absolute atomic E-state index is 12.3. The Labute approximate surface area is 155 Å². The first kappa shape index (κ1) is 17.9. The van der Waals surface area contributed by atoms with Crippen molar-refractivity contribution in [2.75, 3.05) is 0 Å². The van der Waals surface area contributed by atoms with E-state index in [4.69, 9.17) is 4.74 Å². The second kappa shape index (κ2) is 8.48. The van der Waals surface area contributed by atoms with Crippen LogP contribution in [0.25, 0.3) is 11.1 Å². The summed E-state index contributed by atoms with van der Waals surface area (Å²) >= 11 is 0. The molecule has 0 amide bonds. The summed E-state index contributed by atoms with van der Waals surface area (Å²) in [5.74, 6) is 0.231. The van der Waals surface area contributed by atoms with Crippen molar-refractivity contribution in [1.82, 2.24) is 0 Å². The number of hydrogen-bond donors (Lipinski definition) is 0. The van der Waals surface area contributed by atoms with E-state index in [0.29, 0.717) is 11.3 Å². The van der Waals surface area contributed by atoms with E-state index in [1.807, 2.05) is 48.5 Å². The van der Waals surface area contributed by atoms with Crippen molar-refractivity contribution < 1.29 is 9.53 Å². The Bertz CT molecular complexity index is 844. The van der Waals surface area contributed by atoms with Gasteiger partial charge in [-0.1, -0.05) is 68.8 Å². The van der Waals surface area contributed by atoms with Crippen molar-refractivity contribution in [2.24, 2.45) is 0 Å². The quantitative estimate of drug-likeness (QED) is 0.400. The maximum Gasteiger partial charge on any atom is 0.343 e. The van der Waals surface area contributed by atoms with Gasteiger partial charge in [0.15, 0.2) is 0 Å². The normalized spacial score (nSPS) is 10.5. The zero-order valence-corrected chi connectivity index (χ0v) is 15.4. The van der Waals surface area contributed by atoms with Crippen molar-refractivity contribution >= 4 is 5.97 Å². The molecule has 2 nitrogen and oxygen atoms in total. The van der Waals surface area contributed by atoms with Crippen LogP contribution in [0.2, 0.25) is 0 Å². The summed E-state index contributed by atoms with van der Waals surface area (Å²) in [5, 5.41) is 0. The number of carbonyl (C=O) groups is 1. The zero-order chi connectivity index (χ0) is 18.4. The largest absolute Gasteiger partial charge is 0.423 e. The van der Waals surface area contributed by atoms with Crippen LogP contribution in [0.3, 0.4) is 0 Å². The van der Waals surface area contributed by atoms with Crippen molar-refractivity contribution in [3.05, 3.63) is 89.5 Å². The summed E-state index contributed by atoms with van der Waals surface area (Å²) in [6.45, 7) is 4.29. The predicted molar refractivity (Wildman–Crippen MR) is 107 cm³/mol. The van der Waals surface area contributed by atoms with Gasteiger partial charge in [-0.05, 0) is 59.4 Å². The molecule has 0 aliphatic heterocycles. The van der Waals surface area contributed by atoms with E-state index < -0.39 is 0 Å². The van der Waals surface area contributed by atoms with E-state index in [1.54, 1.807) is 0 Å². The third-order valence-corrected chi connectivity index (χ3v) is 4.49. The molecule has 0 radical (unpaired) electrons. The third kappa shape index (κ3) is 4.40. The number of rotatable bonds is 6. The summed E-state index contributed by atoms with van der Waals surface area (Å²) in [6.07, 6.45) is 3.15. The summed E-state index contributed by atoms with van der Waals surface area (Å²) in [7, 11) is 0. The zero-order valence-electron chi connectivity index (χ0n) is 15.4. The lowest BCUT2D eigenvalue weighted by molar-refractivity contribution is 0.0735. The lowest BCUT2D eigenvalue weighted by atomic mass is 10.0. The van der Waals surface area contributed by atoms with Crippen molar-refractivity contribution in [3.63, 3.8) is 0 Å². The Balaban J connectivity index is 1.67. The second-order valence-electron chi connectivity index (χ2n) is 6.41. The van der Waals surface area contributed by atoms with Gasteiger partial charge >= 0.3 is 5.97 Å². The van der Waals surface area contributed by atoms with Gasteiger partial charge in [0, 0.05) is 0 Å². The van der Waals surface area contributed by atoms with E-state index in [0.717, 1.165) is 30.4 Å². The fourth-order valence-electron chi connectivity index (χ4n) is 2.91. The fourth-order valence-corrected chi connectivity index (χ4v) is 2.91. The van der Waals surface area contributed by atoms with Gasteiger partial charge in [-0.15, -0.1) is 0 Å². The van der Waals surface area contributed by atoms with E-state index in [9.17, 15) is 4.79 Å². The Morgan fingerprint density at radius 1 is 0.731 bits per heavy atom. The summed E-state index contributed by atoms with van der Waals surface area (Å²) in [5.41, 5.74) is 5.40. The van der Waals surface area contributed by atoms with E-state index in [1.165, 1.54) is 11.1 Å². The van der Waals surface area contributed by atoms with Crippen LogP contribution >= 0.6 is 0 Å². The number of benzene rings is 3. The fraction of sp³-hybridized carbons (Fsp3) is 0.208. The van der Waals surface area contributed by atoms with Gasteiger partial charge in [0.1, 0.15) is 5.75 Å². The standard InChI is InChI=1S/C24H24O2/c1-3-5-19-8-12-22(13-9-19)24(25)26-23-16-14-21(15-17-23)20-10-6-18(4-2)7-11-20/h6-17H,3-5H2,1-2H3.